The molecule has 0 saturated carbocycles. The van der Waals surface area contributed by atoms with Crippen LogP contribution in [0.2, 0.25) is 5.02 Å². The fourth-order valence-electron chi connectivity index (χ4n) is 4.91. The van der Waals surface area contributed by atoms with Gasteiger partial charge in [0.05, 0.1) is 28.6 Å². The van der Waals surface area contributed by atoms with Gasteiger partial charge in [-0.3, -0.25) is 9.00 Å². The molecule has 1 amide bonds. The van der Waals surface area contributed by atoms with Gasteiger partial charge in [-0.2, -0.15) is 4.98 Å². The van der Waals surface area contributed by atoms with Crippen molar-refractivity contribution in [2.24, 2.45) is 0 Å². The molecule has 3 heterocycles. The Hall–Kier alpha value is -3.04. The monoisotopic (exact) mass is 541 g/mol. The number of halogens is 2. The number of fused-ring (bicyclic) bond motifs is 1. The number of carbonyl (C=O) groups excluding carboxylic acids is 1. The fraction of sp³-hybridized carbons (Fsp3) is 0.370. The van der Waals surface area contributed by atoms with E-state index in [1.54, 1.807) is 19.2 Å². The lowest BCUT2D eigenvalue weighted by Gasteiger charge is -2.33. The largest absolute Gasteiger partial charge is 0.359 e. The highest BCUT2D eigenvalue weighted by Gasteiger charge is 2.28. The maximum Gasteiger partial charge on any atom is 0.227 e. The van der Waals surface area contributed by atoms with E-state index in [0.29, 0.717) is 40.3 Å². The molecule has 2 aliphatic heterocycles. The van der Waals surface area contributed by atoms with Crippen molar-refractivity contribution in [2.75, 3.05) is 36.1 Å². The summed E-state index contributed by atoms with van der Waals surface area (Å²) in [4.78, 5) is 23.9. The lowest BCUT2D eigenvalue weighted by molar-refractivity contribution is -0.119. The third-order valence-corrected chi connectivity index (χ3v) is 8.74. The number of aryl methyl sites for hydroxylation is 1. The molecule has 5 rings (SSSR count). The van der Waals surface area contributed by atoms with Crippen molar-refractivity contribution in [1.82, 2.24) is 15.3 Å². The first-order valence-corrected chi connectivity index (χ1v) is 14.2. The molecule has 1 fully saturated rings. The first-order valence-electron chi connectivity index (χ1n) is 12.5. The molecule has 1 atom stereocenters. The predicted molar refractivity (Wildman–Crippen MR) is 145 cm³/mol. The zero-order valence-corrected chi connectivity index (χ0v) is 22.2. The zero-order chi connectivity index (χ0) is 25.9. The smallest absolute Gasteiger partial charge is 0.227 e. The molecular formula is C27H29ClFN5O2S. The number of nitrogens with one attached hydrogen (secondary N) is 2. The summed E-state index contributed by atoms with van der Waals surface area (Å²) in [5, 5.41) is 6.36. The van der Waals surface area contributed by atoms with E-state index in [1.807, 2.05) is 12.1 Å². The zero-order valence-electron chi connectivity index (χ0n) is 20.6. The van der Waals surface area contributed by atoms with Gasteiger partial charge in [0.15, 0.2) is 5.82 Å². The quantitative estimate of drug-likeness (QED) is 0.469. The van der Waals surface area contributed by atoms with Crippen LogP contribution in [0.1, 0.15) is 42.0 Å². The van der Waals surface area contributed by atoms with Crippen LogP contribution in [0.15, 0.2) is 47.4 Å². The number of piperidine rings is 1. The van der Waals surface area contributed by atoms with Crippen LogP contribution in [0, 0.1) is 5.82 Å². The van der Waals surface area contributed by atoms with Crippen LogP contribution in [0.4, 0.5) is 21.8 Å². The van der Waals surface area contributed by atoms with Crippen LogP contribution in [0.3, 0.4) is 0 Å². The molecule has 2 N–H and O–H groups in total. The maximum absolute atomic E-state index is 15.0. The Labute approximate surface area is 223 Å². The van der Waals surface area contributed by atoms with Crippen LogP contribution >= 0.6 is 11.6 Å². The van der Waals surface area contributed by atoms with E-state index in [2.05, 4.69) is 27.7 Å². The average Bonchev–Trinajstić information content (AvgIpc) is 2.90. The molecule has 7 nitrogen and oxygen atoms in total. The van der Waals surface area contributed by atoms with Crippen molar-refractivity contribution in [2.45, 2.75) is 42.9 Å². The van der Waals surface area contributed by atoms with Crippen LogP contribution < -0.4 is 15.5 Å². The van der Waals surface area contributed by atoms with E-state index in [-0.39, 0.29) is 18.0 Å². The summed E-state index contributed by atoms with van der Waals surface area (Å²) < 4.78 is 27.9. The number of amides is 1. The molecule has 10 heteroatoms. The van der Waals surface area contributed by atoms with Crippen molar-refractivity contribution in [3.05, 3.63) is 70.1 Å². The van der Waals surface area contributed by atoms with Gasteiger partial charge in [0, 0.05) is 30.9 Å². The third-order valence-electron chi connectivity index (χ3n) is 6.94. The van der Waals surface area contributed by atoms with Gasteiger partial charge in [-0.05, 0) is 67.0 Å². The van der Waals surface area contributed by atoms with Gasteiger partial charge in [-0.1, -0.05) is 29.8 Å². The summed E-state index contributed by atoms with van der Waals surface area (Å²) in [5.74, 6) is 1.25. The molecule has 1 aromatic heterocycles. The van der Waals surface area contributed by atoms with Crippen LogP contribution in [-0.4, -0.2) is 46.0 Å². The van der Waals surface area contributed by atoms with Gasteiger partial charge in [-0.25, -0.2) is 9.37 Å². The Morgan fingerprint density at radius 1 is 1.16 bits per heavy atom. The molecule has 0 bridgehead atoms. The first kappa shape index (κ1) is 25.6. The molecule has 37 heavy (non-hydrogen) atoms. The molecule has 0 aliphatic carbocycles. The molecule has 3 aromatic rings. The number of likely N-dealkylation sites (N-methyl/N-ethyl adjacent to an activating group) is 1. The van der Waals surface area contributed by atoms with Gasteiger partial charge in [0.25, 0.3) is 0 Å². The van der Waals surface area contributed by atoms with Gasteiger partial charge < -0.3 is 15.5 Å². The standard InChI is InChI=1S/C27H29ClFN5O2S/c1-30-24(35)16-17-4-9-22(21(29)15-17)31-26-25-23(3-2-14-37(25)36)32-27(33-26)34-12-10-19(11-13-34)18-5-7-20(28)8-6-18/h4-9,15,19H,2-3,10-14,16H2,1H3,(H,30,35)(H,31,32,33)/t37-/m1/s1. The van der Waals surface area contributed by atoms with Crippen molar-refractivity contribution in [3.8, 4) is 0 Å². The van der Waals surface area contributed by atoms with E-state index in [1.165, 1.54) is 11.6 Å². The Morgan fingerprint density at radius 3 is 2.62 bits per heavy atom. The first-order chi connectivity index (χ1) is 17.9. The lowest BCUT2D eigenvalue weighted by Crippen LogP contribution is -2.35. The molecule has 1 saturated heterocycles. The topological polar surface area (TPSA) is 87.2 Å². The molecule has 0 spiro atoms. The van der Waals surface area contributed by atoms with E-state index >= 15 is 0 Å². The summed E-state index contributed by atoms with van der Waals surface area (Å²) in [7, 11) is 0.288. The van der Waals surface area contributed by atoms with E-state index in [9.17, 15) is 13.4 Å². The molecular weight excluding hydrogens is 513 g/mol. The molecule has 0 unspecified atom stereocenters. The van der Waals surface area contributed by atoms with Crippen molar-refractivity contribution in [3.63, 3.8) is 0 Å². The molecule has 2 aromatic carbocycles. The van der Waals surface area contributed by atoms with Gasteiger partial charge in [0.1, 0.15) is 10.7 Å². The number of hydrogen-bond donors (Lipinski definition) is 2. The number of hydrogen-bond acceptors (Lipinski definition) is 6. The second kappa shape index (κ2) is 11.1. The number of benzene rings is 2. The Bertz CT molecular complexity index is 1330. The third kappa shape index (κ3) is 5.78. The Morgan fingerprint density at radius 2 is 1.92 bits per heavy atom. The fourth-order valence-corrected chi connectivity index (χ4v) is 6.37. The Kier molecular flexibility index (Phi) is 7.71. The second-order valence-corrected chi connectivity index (χ2v) is 11.3. The summed E-state index contributed by atoms with van der Waals surface area (Å²) >= 11 is 6.05. The normalized spacial score (nSPS) is 17.8. The second-order valence-electron chi connectivity index (χ2n) is 9.40. The maximum atomic E-state index is 15.0. The highest BCUT2D eigenvalue weighted by atomic mass is 35.5. The minimum atomic E-state index is -1.26. The van der Waals surface area contributed by atoms with Gasteiger partial charge >= 0.3 is 0 Å². The number of aromatic nitrogens is 2. The summed E-state index contributed by atoms with van der Waals surface area (Å²) in [6.45, 7) is 1.58. The van der Waals surface area contributed by atoms with Crippen molar-refractivity contribution < 1.29 is 13.4 Å². The number of anilines is 3. The summed E-state index contributed by atoms with van der Waals surface area (Å²) in [6.07, 6.45) is 3.50. The van der Waals surface area contributed by atoms with E-state index in [4.69, 9.17) is 21.6 Å². The lowest BCUT2D eigenvalue weighted by atomic mass is 9.89. The predicted octanol–water partition coefficient (Wildman–Crippen LogP) is 4.74. The van der Waals surface area contributed by atoms with Crippen LogP contribution in [-0.2, 0) is 28.4 Å². The number of nitrogens with zero attached hydrogens (tertiary/aromatic N) is 3. The molecule has 2 aliphatic rings. The minimum absolute atomic E-state index is 0.0940. The summed E-state index contributed by atoms with van der Waals surface area (Å²) in [5.41, 5.74) is 2.83. The van der Waals surface area contributed by atoms with Gasteiger partial charge in [0.2, 0.25) is 11.9 Å². The van der Waals surface area contributed by atoms with E-state index < -0.39 is 16.6 Å². The highest BCUT2D eigenvalue weighted by Crippen LogP contribution is 2.34. The number of rotatable bonds is 6. The molecule has 0 radical (unpaired) electrons. The van der Waals surface area contributed by atoms with Crippen molar-refractivity contribution >= 4 is 45.8 Å². The minimum Gasteiger partial charge on any atom is -0.359 e. The summed E-state index contributed by atoms with van der Waals surface area (Å²) in [6, 6.07) is 12.7. The Balaban J connectivity index is 1.39. The van der Waals surface area contributed by atoms with Gasteiger partial charge in [-0.15, -0.1) is 0 Å². The van der Waals surface area contributed by atoms with Crippen LogP contribution in [0.25, 0.3) is 0 Å². The van der Waals surface area contributed by atoms with Crippen LogP contribution in [0.5, 0.6) is 0 Å². The number of carbonyl (C=O) groups is 1. The average molecular weight is 542 g/mol. The van der Waals surface area contributed by atoms with Crippen molar-refractivity contribution in [1.29, 1.82) is 0 Å². The highest BCUT2D eigenvalue weighted by molar-refractivity contribution is 7.85. The SMILES string of the molecule is CNC(=O)Cc1ccc(Nc2nc(N3CCC(c4ccc(Cl)cc4)CC3)nc3c2[S@](=O)CCC3)c(F)c1. The molecule has 194 valence electrons. The van der Waals surface area contributed by atoms with E-state index in [0.717, 1.165) is 43.1 Å².